The average molecular weight is 413 g/mol. The van der Waals surface area contributed by atoms with E-state index in [1.165, 1.54) is 10.9 Å². The first kappa shape index (κ1) is 17.2. The second kappa shape index (κ2) is 7.54. The molecule has 0 radical (unpaired) electrons. The third-order valence-corrected chi connectivity index (χ3v) is 5.72. The van der Waals surface area contributed by atoms with E-state index in [1.807, 2.05) is 35.2 Å². The molecule has 134 valence electrons. The summed E-state index contributed by atoms with van der Waals surface area (Å²) < 4.78 is 8.91. The van der Waals surface area contributed by atoms with Gasteiger partial charge in [0.25, 0.3) is 0 Å². The summed E-state index contributed by atoms with van der Waals surface area (Å²) in [5.74, 6) is 0. The van der Waals surface area contributed by atoms with Crippen LogP contribution in [-0.2, 0) is 11.3 Å². The van der Waals surface area contributed by atoms with Crippen LogP contribution in [0.4, 0.5) is 4.79 Å². The smallest absolute Gasteiger partial charge is 0.410 e. The van der Waals surface area contributed by atoms with Gasteiger partial charge in [-0.15, -0.1) is 0 Å². The highest BCUT2D eigenvalue weighted by atomic mass is 79.9. The number of halogens is 1. The van der Waals surface area contributed by atoms with Crippen molar-refractivity contribution in [2.24, 2.45) is 0 Å². The molecule has 2 aromatic carbocycles. The van der Waals surface area contributed by atoms with E-state index in [1.54, 1.807) is 0 Å². The molecular weight excluding hydrogens is 392 g/mol. The number of piperidine rings is 1. The minimum Gasteiger partial charge on any atom is -0.445 e. The summed E-state index contributed by atoms with van der Waals surface area (Å²) in [4.78, 5) is 14.1. The van der Waals surface area contributed by atoms with Crippen molar-refractivity contribution in [2.75, 3.05) is 13.1 Å². The van der Waals surface area contributed by atoms with Crippen molar-refractivity contribution in [1.29, 1.82) is 0 Å². The number of fused-ring (bicyclic) bond motifs is 1. The average Bonchev–Trinajstić information content (AvgIpc) is 3.12. The molecule has 0 N–H and O–H groups in total. The first-order chi connectivity index (χ1) is 12.7. The molecule has 1 aromatic heterocycles. The third kappa shape index (κ3) is 3.49. The molecule has 4 rings (SSSR count). The fraction of sp³-hybridized carbons (Fsp3) is 0.286. The van der Waals surface area contributed by atoms with E-state index in [0.29, 0.717) is 12.6 Å². The van der Waals surface area contributed by atoms with Crippen molar-refractivity contribution in [3.05, 3.63) is 70.8 Å². The molecule has 0 spiro atoms. The Balaban J connectivity index is 1.36. The highest BCUT2D eigenvalue weighted by molar-refractivity contribution is 9.10. The summed E-state index contributed by atoms with van der Waals surface area (Å²) >= 11 is 3.62. The summed E-state index contributed by atoms with van der Waals surface area (Å²) in [7, 11) is 0. The van der Waals surface area contributed by atoms with Gasteiger partial charge in [-0.05, 0) is 36.6 Å². The minimum atomic E-state index is -0.215. The Kier molecular flexibility index (Phi) is 4.98. The van der Waals surface area contributed by atoms with Gasteiger partial charge in [0, 0.05) is 40.7 Å². The number of ether oxygens (including phenoxy) is 1. The molecule has 2 heterocycles. The number of benzene rings is 2. The lowest BCUT2D eigenvalue weighted by Crippen LogP contribution is -2.39. The van der Waals surface area contributed by atoms with Crippen molar-refractivity contribution >= 4 is 32.9 Å². The molecule has 0 bridgehead atoms. The van der Waals surface area contributed by atoms with Crippen molar-refractivity contribution in [3.63, 3.8) is 0 Å². The Morgan fingerprint density at radius 3 is 2.58 bits per heavy atom. The van der Waals surface area contributed by atoms with Crippen molar-refractivity contribution < 1.29 is 9.53 Å². The number of rotatable bonds is 3. The first-order valence-electron chi connectivity index (χ1n) is 8.93. The summed E-state index contributed by atoms with van der Waals surface area (Å²) in [5.41, 5.74) is 2.25. The summed E-state index contributed by atoms with van der Waals surface area (Å²) in [6.07, 6.45) is 3.82. The number of carbonyl (C=O) groups is 1. The van der Waals surface area contributed by atoms with Crippen LogP contribution in [0.3, 0.4) is 0 Å². The molecule has 1 aliphatic rings. The number of nitrogens with zero attached hydrogens (tertiary/aromatic N) is 2. The van der Waals surface area contributed by atoms with Crippen LogP contribution in [0, 0.1) is 0 Å². The molecule has 3 aromatic rings. The lowest BCUT2D eigenvalue weighted by Gasteiger charge is -2.32. The largest absolute Gasteiger partial charge is 0.445 e. The number of aromatic nitrogens is 1. The van der Waals surface area contributed by atoms with Gasteiger partial charge in [0.15, 0.2) is 0 Å². The Hall–Kier alpha value is -2.27. The number of likely N-dealkylation sites (tertiary alicyclic amines) is 1. The minimum absolute atomic E-state index is 0.215. The number of hydrogen-bond acceptors (Lipinski definition) is 2. The van der Waals surface area contributed by atoms with Crippen LogP contribution in [0.1, 0.15) is 24.4 Å². The normalized spacial score (nSPS) is 15.3. The number of hydrogen-bond donors (Lipinski definition) is 0. The molecule has 0 unspecified atom stereocenters. The maximum absolute atomic E-state index is 12.3. The molecule has 5 heteroatoms. The topological polar surface area (TPSA) is 34.5 Å². The lowest BCUT2D eigenvalue weighted by atomic mass is 10.1. The second-order valence-corrected chi connectivity index (χ2v) is 7.51. The lowest BCUT2D eigenvalue weighted by molar-refractivity contribution is 0.0834. The molecule has 1 saturated heterocycles. The van der Waals surface area contributed by atoms with E-state index in [9.17, 15) is 4.79 Å². The summed E-state index contributed by atoms with van der Waals surface area (Å²) in [6, 6.07) is 18.7. The van der Waals surface area contributed by atoms with Crippen LogP contribution < -0.4 is 0 Å². The van der Waals surface area contributed by atoms with Crippen LogP contribution in [0.25, 0.3) is 10.9 Å². The van der Waals surface area contributed by atoms with Crippen LogP contribution in [0.15, 0.2) is 65.3 Å². The van der Waals surface area contributed by atoms with Gasteiger partial charge >= 0.3 is 6.09 Å². The van der Waals surface area contributed by atoms with Gasteiger partial charge < -0.3 is 14.2 Å². The predicted octanol–water partition coefficient (Wildman–Crippen LogP) is 5.38. The number of amides is 1. The van der Waals surface area contributed by atoms with Gasteiger partial charge in [-0.3, -0.25) is 0 Å². The summed E-state index contributed by atoms with van der Waals surface area (Å²) in [5, 5.41) is 1.23. The molecule has 1 fully saturated rings. The zero-order valence-electron chi connectivity index (χ0n) is 14.5. The predicted molar refractivity (Wildman–Crippen MR) is 106 cm³/mol. The van der Waals surface area contributed by atoms with Gasteiger partial charge in [-0.2, -0.15) is 0 Å². The van der Waals surface area contributed by atoms with Gasteiger partial charge in [-0.1, -0.05) is 52.3 Å². The third-order valence-electron chi connectivity index (χ3n) is 5.03. The van der Waals surface area contributed by atoms with E-state index in [4.69, 9.17) is 4.74 Å². The molecule has 0 saturated carbocycles. The maximum atomic E-state index is 12.3. The van der Waals surface area contributed by atoms with Crippen LogP contribution >= 0.6 is 15.9 Å². The zero-order chi connectivity index (χ0) is 17.9. The van der Waals surface area contributed by atoms with Gasteiger partial charge in [0.05, 0.1) is 0 Å². The van der Waals surface area contributed by atoms with Crippen LogP contribution in [-0.4, -0.2) is 28.6 Å². The quantitative estimate of drug-likeness (QED) is 0.578. The van der Waals surface area contributed by atoms with E-state index in [2.05, 4.69) is 51.0 Å². The van der Waals surface area contributed by atoms with Gasteiger partial charge in [0.2, 0.25) is 0 Å². The summed E-state index contributed by atoms with van der Waals surface area (Å²) in [6.45, 7) is 1.79. The van der Waals surface area contributed by atoms with E-state index in [0.717, 1.165) is 36.0 Å². The molecule has 1 amide bonds. The monoisotopic (exact) mass is 412 g/mol. The van der Waals surface area contributed by atoms with Gasteiger partial charge in [0.1, 0.15) is 6.61 Å². The highest BCUT2D eigenvalue weighted by Gasteiger charge is 2.25. The van der Waals surface area contributed by atoms with E-state index >= 15 is 0 Å². The zero-order valence-corrected chi connectivity index (χ0v) is 16.1. The van der Waals surface area contributed by atoms with Crippen molar-refractivity contribution in [3.8, 4) is 0 Å². The SMILES string of the molecule is O=C(OCc1ccccc1)N1CCC(n2ccc3c(Br)cccc32)CC1. The molecule has 4 nitrogen and oxygen atoms in total. The Labute approximate surface area is 161 Å². The van der Waals surface area contributed by atoms with Gasteiger partial charge in [-0.25, -0.2) is 4.79 Å². The highest BCUT2D eigenvalue weighted by Crippen LogP contribution is 2.31. The van der Waals surface area contributed by atoms with E-state index < -0.39 is 0 Å². The Morgan fingerprint density at radius 1 is 1.04 bits per heavy atom. The molecule has 26 heavy (non-hydrogen) atoms. The van der Waals surface area contributed by atoms with Crippen molar-refractivity contribution in [2.45, 2.75) is 25.5 Å². The Morgan fingerprint density at radius 2 is 1.81 bits per heavy atom. The first-order valence-corrected chi connectivity index (χ1v) is 9.72. The molecule has 1 aliphatic heterocycles. The molecule has 0 aliphatic carbocycles. The second-order valence-electron chi connectivity index (χ2n) is 6.65. The van der Waals surface area contributed by atoms with Crippen molar-refractivity contribution in [1.82, 2.24) is 9.47 Å². The molecular formula is C21H21BrN2O2. The molecule has 0 atom stereocenters. The Bertz CT molecular complexity index is 899. The standard InChI is InChI=1S/C21H21BrN2O2/c22-19-7-4-8-20-18(19)11-14-24(20)17-9-12-23(13-10-17)21(25)26-15-16-5-2-1-3-6-16/h1-8,11,14,17H,9-10,12-13,15H2. The maximum Gasteiger partial charge on any atom is 0.410 e. The number of carbonyl (C=O) groups excluding carboxylic acids is 1. The van der Waals surface area contributed by atoms with Crippen LogP contribution in [0.2, 0.25) is 0 Å². The van der Waals surface area contributed by atoms with E-state index in [-0.39, 0.29) is 6.09 Å². The van der Waals surface area contributed by atoms with Crippen LogP contribution in [0.5, 0.6) is 0 Å². The fourth-order valence-corrected chi connectivity index (χ4v) is 4.09. The fourth-order valence-electron chi connectivity index (χ4n) is 3.61.